The van der Waals surface area contributed by atoms with E-state index < -0.39 is 17.9 Å². The van der Waals surface area contributed by atoms with Crippen LogP contribution in [0.1, 0.15) is 24.1 Å². The molecule has 0 radical (unpaired) electrons. The summed E-state index contributed by atoms with van der Waals surface area (Å²) in [6.45, 7) is 3.86. The van der Waals surface area contributed by atoms with Gasteiger partial charge in [-0.05, 0) is 25.0 Å². The third kappa shape index (κ3) is 3.37. The van der Waals surface area contributed by atoms with Crippen molar-refractivity contribution >= 4 is 23.5 Å². The van der Waals surface area contributed by atoms with E-state index in [0.29, 0.717) is 23.1 Å². The molecule has 1 aromatic carbocycles. The van der Waals surface area contributed by atoms with Crippen molar-refractivity contribution in [2.24, 2.45) is 5.92 Å². The summed E-state index contributed by atoms with van der Waals surface area (Å²) >= 11 is 6.17. The van der Waals surface area contributed by atoms with Crippen molar-refractivity contribution in [2.45, 2.75) is 39.4 Å². The van der Waals surface area contributed by atoms with E-state index in [1.165, 1.54) is 4.90 Å². The second-order valence-corrected chi connectivity index (χ2v) is 6.70. The molecule has 1 N–H and O–H groups in total. The molecule has 0 spiro atoms. The van der Waals surface area contributed by atoms with Gasteiger partial charge in [-0.1, -0.05) is 36.7 Å². The number of carbonyl (C=O) groups is 2. The molecule has 7 nitrogen and oxygen atoms in total. The summed E-state index contributed by atoms with van der Waals surface area (Å²) in [5, 5.41) is 18.2. The number of benzene rings is 1. The molecule has 2 unspecified atom stereocenters. The average molecular weight is 363 g/mol. The first-order valence-corrected chi connectivity index (χ1v) is 8.41. The van der Waals surface area contributed by atoms with E-state index in [1.807, 2.05) is 18.2 Å². The van der Waals surface area contributed by atoms with Gasteiger partial charge in [-0.2, -0.15) is 0 Å². The monoisotopic (exact) mass is 362 g/mol. The lowest BCUT2D eigenvalue weighted by Crippen LogP contribution is -2.52. The van der Waals surface area contributed by atoms with Gasteiger partial charge in [-0.25, -0.2) is 4.79 Å². The highest BCUT2D eigenvalue weighted by Crippen LogP contribution is 2.24. The summed E-state index contributed by atoms with van der Waals surface area (Å²) in [4.78, 5) is 26.0. The number of hydrogen-bond acceptors (Lipinski definition) is 4. The molecule has 0 fully saturated rings. The maximum absolute atomic E-state index is 12.9. The molecule has 2 aromatic rings. The highest BCUT2D eigenvalue weighted by atomic mass is 35.5. The molecular weight excluding hydrogens is 344 g/mol. The minimum Gasteiger partial charge on any atom is -0.480 e. The van der Waals surface area contributed by atoms with Crippen LogP contribution in [0.5, 0.6) is 0 Å². The Morgan fingerprint density at radius 2 is 2.08 bits per heavy atom. The molecule has 132 valence electrons. The number of fused-ring (bicyclic) bond motifs is 1. The Morgan fingerprint density at radius 1 is 1.36 bits per heavy atom. The Hall–Kier alpha value is -2.41. The Morgan fingerprint density at radius 3 is 2.76 bits per heavy atom. The standard InChI is InChI=1S/C17H19ClN4O3/c1-10(7-12-5-3-4-6-13(12)18)16(23)22-9-15-20-19-11(2)21(15)8-14(22)17(24)25/h3-6,10,14H,7-9H2,1-2H3,(H,24,25). The summed E-state index contributed by atoms with van der Waals surface area (Å²) in [6.07, 6.45) is 0.451. The number of carboxylic acid groups (broad SMARTS) is 1. The van der Waals surface area contributed by atoms with Crippen LogP contribution in [0.4, 0.5) is 0 Å². The van der Waals surface area contributed by atoms with Gasteiger partial charge in [0.1, 0.15) is 11.9 Å². The molecule has 25 heavy (non-hydrogen) atoms. The third-order valence-electron chi connectivity index (χ3n) is 4.53. The molecule has 0 saturated heterocycles. The quantitative estimate of drug-likeness (QED) is 0.897. The molecule has 1 aromatic heterocycles. The number of amides is 1. The number of hydrogen-bond donors (Lipinski definition) is 1. The molecule has 1 aliphatic rings. The van der Waals surface area contributed by atoms with E-state index >= 15 is 0 Å². The fourth-order valence-electron chi connectivity index (χ4n) is 3.12. The highest BCUT2D eigenvalue weighted by Gasteiger charge is 2.37. The number of aryl methyl sites for hydroxylation is 1. The van der Waals surface area contributed by atoms with Crippen molar-refractivity contribution in [1.82, 2.24) is 19.7 Å². The molecule has 8 heteroatoms. The average Bonchev–Trinajstić information content (AvgIpc) is 2.95. The van der Waals surface area contributed by atoms with Crippen LogP contribution in [0.2, 0.25) is 5.02 Å². The largest absolute Gasteiger partial charge is 0.480 e. The van der Waals surface area contributed by atoms with E-state index in [9.17, 15) is 14.7 Å². The molecular formula is C17H19ClN4O3. The minimum atomic E-state index is -1.03. The number of carboxylic acids is 1. The Balaban J connectivity index is 1.82. The van der Waals surface area contributed by atoms with Crippen molar-refractivity contribution in [3.63, 3.8) is 0 Å². The van der Waals surface area contributed by atoms with Gasteiger partial charge in [0.25, 0.3) is 0 Å². The van der Waals surface area contributed by atoms with Crippen molar-refractivity contribution < 1.29 is 14.7 Å². The van der Waals surface area contributed by atoms with Gasteiger partial charge in [-0.15, -0.1) is 10.2 Å². The first kappa shape index (κ1) is 17.4. The first-order chi connectivity index (χ1) is 11.9. The summed E-state index contributed by atoms with van der Waals surface area (Å²) in [5.74, 6) is -0.389. The minimum absolute atomic E-state index is 0.142. The third-order valence-corrected chi connectivity index (χ3v) is 4.90. The predicted molar refractivity (Wildman–Crippen MR) is 91.1 cm³/mol. The zero-order chi connectivity index (χ0) is 18.1. The Kier molecular flexibility index (Phi) is 4.76. The smallest absolute Gasteiger partial charge is 0.328 e. The van der Waals surface area contributed by atoms with E-state index in [-0.39, 0.29) is 19.0 Å². The molecule has 0 saturated carbocycles. The van der Waals surface area contributed by atoms with Crippen LogP contribution < -0.4 is 0 Å². The summed E-state index contributed by atoms with van der Waals surface area (Å²) < 4.78 is 1.75. The van der Waals surface area contributed by atoms with Crippen LogP contribution in [-0.2, 0) is 29.1 Å². The highest BCUT2D eigenvalue weighted by molar-refractivity contribution is 6.31. The van der Waals surface area contributed by atoms with Crippen LogP contribution in [0.3, 0.4) is 0 Å². The van der Waals surface area contributed by atoms with E-state index in [4.69, 9.17) is 11.6 Å². The molecule has 0 bridgehead atoms. The first-order valence-electron chi connectivity index (χ1n) is 8.04. The number of halogens is 1. The molecule has 2 atom stereocenters. The molecule has 1 aliphatic heterocycles. The second kappa shape index (κ2) is 6.84. The zero-order valence-electron chi connectivity index (χ0n) is 14.0. The lowest BCUT2D eigenvalue weighted by Gasteiger charge is -2.35. The van der Waals surface area contributed by atoms with Crippen LogP contribution in [0.25, 0.3) is 0 Å². The van der Waals surface area contributed by atoms with Gasteiger partial charge in [0.2, 0.25) is 5.91 Å². The fourth-order valence-corrected chi connectivity index (χ4v) is 3.33. The van der Waals surface area contributed by atoms with Crippen molar-refractivity contribution in [2.75, 3.05) is 0 Å². The molecule has 3 rings (SSSR count). The van der Waals surface area contributed by atoms with Crippen LogP contribution >= 0.6 is 11.6 Å². The van der Waals surface area contributed by atoms with Crippen molar-refractivity contribution in [3.05, 3.63) is 46.5 Å². The van der Waals surface area contributed by atoms with Crippen molar-refractivity contribution in [1.29, 1.82) is 0 Å². The van der Waals surface area contributed by atoms with Gasteiger partial charge < -0.3 is 14.6 Å². The van der Waals surface area contributed by atoms with E-state index in [0.717, 1.165) is 5.56 Å². The van der Waals surface area contributed by atoms with Crippen LogP contribution in [-0.4, -0.2) is 42.7 Å². The van der Waals surface area contributed by atoms with Gasteiger partial charge in [0, 0.05) is 10.9 Å². The number of rotatable bonds is 4. The maximum atomic E-state index is 12.9. The fraction of sp³-hybridized carbons (Fsp3) is 0.412. The van der Waals surface area contributed by atoms with Crippen molar-refractivity contribution in [3.8, 4) is 0 Å². The zero-order valence-corrected chi connectivity index (χ0v) is 14.8. The topological polar surface area (TPSA) is 88.3 Å². The lowest BCUT2D eigenvalue weighted by molar-refractivity contribution is -0.154. The van der Waals surface area contributed by atoms with E-state index in [1.54, 1.807) is 24.5 Å². The number of carbonyl (C=O) groups excluding carboxylic acids is 1. The summed E-state index contributed by atoms with van der Waals surface area (Å²) in [6, 6.07) is 6.42. The van der Waals surface area contributed by atoms with Gasteiger partial charge in [0.15, 0.2) is 5.82 Å². The van der Waals surface area contributed by atoms with Gasteiger partial charge >= 0.3 is 5.97 Å². The predicted octanol–water partition coefficient (Wildman–Crippen LogP) is 1.91. The maximum Gasteiger partial charge on any atom is 0.328 e. The normalized spacial score (nSPS) is 17.9. The van der Waals surface area contributed by atoms with Crippen LogP contribution in [0.15, 0.2) is 24.3 Å². The number of nitrogens with zero attached hydrogens (tertiary/aromatic N) is 4. The Labute approximate surface area is 150 Å². The summed E-state index contributed by atoms with van der Waals surface area (Å²) in [5.41, 5.74) is 0.868. The second-order valence-electron chi connectivity index (χ2n) is 6.29. The summed E-state index contributed by atoms with van der Waals surface area (Å²) in [7, 11) is 0. The number of aliphatic carboxylic acids is 1. The lowest BCUT2D eigenvalue weighted by atomic mass is 9.98. The molecule has 0 aliphatic carbocycles. The van der Waals surface area contributed by atoms with Gasteiger partial charge in [0.05, 0.1) is 13.1 Å². The van der Waals surface area contributed by atoms with Crippen LogP contribution in [0, 0.1) is 12.8 Å². The Bertz CT molecular complexity index is 820. The number of aromatic nitrogens is 3. The van der Waals surface area contributed by atoms with Gasteiger partial charge in [-0.3, -0.25) is 4.79 Å². The molecule has 2 heterocycles. The van der Waals surface area contributed by atoms with E-state index in [2.05, 4.69) is 10.2 Å². The SMILES string of the molecule is Cc1nnc2n1CC(C(=O)O)N(C(=O)C(C)Cc1ccccc1Cl)C2. The molecule has 1 amide bonds.